The monoisotopic (exact) mass is 466 g/mol. The first-order valence-electron chi connectivity index (χ1n) is 11.0. The van der Waals surface area contributed by atoms with E-state index in [-0.39, 0.29) is 18.6 Å². The summed E-state index contributed by atoms with van der Waals surface area (Å²) in [6.07, 6.45) is 0.301. The predicted octanol–water partition coefficient (Wildman–Crippen LogP) is 4.49. The zero-order valence-corrected chi connectivity index (χ0v) is 18.9. The fraction of sp³-hybridized carbons (Fsp3) is 0.269. The van der Waals surface area contributed by atoms with E-state index in [0.29, 0.717) is 28.6 Å². The van der Waals surface area contributed by atoms with Gasteiger partial charge in [0.05, 0.1) is 5.69 Å². The van der Waals surface area contributed by atoms with Crippen molar-refractivity contribution in [2.45, 2.75) is 18.6 Å². The molecule has 7 heteroatoms. The van der Waals surface area contributed by atoms with Crippen LogP contribution in [-0.4, -0.2) is 54.4 Å². The van der Waals surface area contributed by atoms with Gasteiger partial charge in [-0.1, -0.05) is 41.9 Å². The largest absolute Gasteiger partial charge is 0.489 e. The summed E-state index contributed by atoms with van der Waals surface area (Å²) >= 11 is 5.92. The van der Waals surface area contributed by atoms with Gasteiger partial charge in [0.25, 0.3) is 5.91 Å². The van der Waals surface area contributed by atoms with E-state index in [4.69, 9.17) is 21.1 Å². The minimum atomic E-state index is -0.669. The topological polar surface area (TPSA) is 71.0 Å². The van der Waals surface area contributed by atoms with E-state index in [1.54, 1.807) is 24.3 Å². The molecule has 3 aromatic rings. The number of carbonyl (C=O) groups excluding carboxylic acids is 1. The van der Waals surface area contributed by atoms with Gasteiger partial charge in [-0.25, -0.2) is 0 Å². The quantitative estimate of drug-likeness (QED) is 0.486. The number of benzene rings is 3. The van der Waals surface area contributed by atoms with E-state index in [2.05, 4.69) is 10.2 Å². The van der Waals surface area contributed by atoms with Crippen LogP contribution in [0.3, 0.4) is 0 Å². The summed E-state index contributed by atoms with van der Waals surface area (Å²) in [6.45, 7) is 2.19. The molecule has 1 heterocycles. The highest BCUT2D eigenvalue weighted by atomic mass is 35.5. The Balaban J connectivity index is 1.25. The summed E-state index contributed by atoms with van der Waals surface area (Å²) in [5.74, 6) is 1.10. The molecule has 2 atom stereocenters. The highest BCUT2D eigenvalue weighted by Gasteiger charge is 2.26. The second-order valence-corrected chi connectivity index (χ2v) is 8.46. The second-order valence-electron chi connectivity index (χ2n) is 8.02. The fourth-order valence-electron chi connectivity index (χ4n) is 3.78. The molecule has 1 aliphatic heterocycles. The van der Waals surface area contributed by atoms with Gasteiger partial charge in [-0.3, -0.25) is 9.69 Å². The molecule has 0 radical (unpaired) electrons. The summed E-state index contributed by atoms with van der Waals surface area (Å²) in [7, 11) is 0. The molecule has 0 aromatic heterocycles. The molecule has 1 amide bonds. The van der Waals surface area contributed by atoms with Gasteiger partial charge in [0.1, 0.15) is 30.3 Å². The van der Waals surface area contributed by atoms with Crippen LogP contribution in [0.1, 0.15) is 16.8 Å². The Morgan fingerprint density at radius 2 is 1.79 bits per heavy atom. The number of nitrogens with zero attached hydrogens (tertiary/aromatic N) is 1. The number of halogens is 1. The van der Waals surface area contributed by atoms with Crippen molar-refractivity contribution >= 4 is 23.2 Å². The summed E-state index contributed by atoms with van der Waals surface area (Å²) < 4.78 is 11.9. The smallest absolute Gasteiger partial charge is 0.255 e. The van der Waals surface area contributed by atoms with E-state index < -0.39 is 6.10 Å². The number of anilines is 1. The van der Waals surface area contributed by atoms with Crippen molar-refractivity contribution in [1.29, 1.82) is 0 Å². The number of aliphatic hydroxyl groups excluding tert-OH is 1. The molecule has 0 aliphatic carbocycles. The minimum Gasteiger partial charge on any atom is -0.489 e. The van der Waals surface area contributed by atoms with Gasteiger partial charge >= 0.3 is 0 Å². The van der Waals surface area contributed by atoms with Crippen LogP contribution in [-0.2, 0) is 0 Å². The first-order chi connectivity index (χ1) is 16.1. The molecular formula is C26H27ClN2O4. The highest BCUT2D eigenvalue weighted by Crippen LogP contribution is 2.25. The van der Waals surface area contributed by atoms with Gasteiger partial charge in [-0.05, 0) is 55.0 Å². The number of amides is 1. The van der Waals surface area contributed by atoms with Crippen molar-refractivity contribution in [3.05, 3.63) is 89.4 Å². The predicted molar refractivity (Wildman–Crippen MR) is 129 cm³/mol. The van der Waals surface area contributed by atoms with Crippen molar-refractivity contribution in [2.24, 2.45) is 0 Å². The number of hydrogen-bond acceptors (Lipinski definition) is 5. The number of carbonyl (C=O) groups is 1. The van der Waals surface area contributed by atoms with Gasteiger partial charge < -0.3 is 19.9 Å². The Bertz CT molecular complexity index is 1050. The van der Waals surface area contributed by atoms with E-state index in [1.807, 2.05) is 54.6 Å². The molecule has 1 aliphatic rings. The highest BCUT2D eigenvalue weighted by molar-refractivity contribution is 6.30. The molecule has 0 saturated carbocycles. The van der Waals surface area contributed by atoms with Crippen molar-refractivity contribution < 1.29 is 19.4 Å². The van der Waals surface area contributed by atoms with Crippen molar-refractivity contribution in [3.8, 4) is 11.5 Å². The lowest BCUT2D eigenvalue weighted by molar-refractivity contribution is 0.0722. The zero-order valence-electron chi connectivity index (χ0n) is 18.2. The summed E-state index contributed by atoms with van der Waals surface area (Å²) in [5.41, 5.74) is 1.13. The molecule has 0 spiro atoms. The third-order valence-electron chi connectivity index (χ3n) is 5.42. The van der Waals surface area contributed by atoms with Crippen molar-refractivity contribution in [3.63, 3.8) is 0 Å². The normalized spacial score (nSPS) is 16.8. The summed E-state index contributed by atoms with van der Waals surface area (Å²) in [6, 6.07) is 23.6. The summed E-state index contributed by atoms with van der Waals surface area (Å²) in [5, 5.41) is 14.1. The van der Waals surface area contributed by atoms with Crippen molar-refractivity contribution in [1.82, 2.24) is 4.90 Å². The number of rotatable bonds is 9. The van der Waals surface area contributed by atoms with E-state index in [0.717, 1.165) is 25.3 Å². The van der Waals surface area contributed by atoms with Crippen LogP contribution in [0.15, 0.2) is 78.9 Å². The average Bonchev–Trinajstić information content (AvgIpc) is 3.27. The lowest BCUT2D eigenvalue weighted by Crippen LogP contribution is -2.35. The fourth-order valence-corrected chi connectivity index (χ4v) is 3.91. The number of aliphatic hydroxyl groups is 1. The molecule has 33 heavy (non-hydrogen) atoms. The Morgan fingerprint density at radius 3 is 2.58 bits per heavy atom. The number of para-hydroxylation sites is 2. The zero-order chi connectivity index (χ0) is 23.0. The Hall–Kier alpha value is -3.06. The second kappa shape index (κ2) is 11.2. The molecule has 2 unspecified atom stereocenters. The van der Waals surface area contributed by atoms with Crippen LogP contribution in [0.2, 0.25) is 5.02 Å². The van der Waals surface area contributed by atoms with Crippen LogP contribution in [0.4, 0.5) is 5.69 Å². The third-order valence-corrected chi connectivity index (χ3v) is 5.67. The van der Waals surface area contributed by atoms with Gasteiger partial charge in [-0.15, -0.1) is 0 Å². The number of likely N-dealkylation sites (tertiary alicyclic amines) is 1. The number of hydrogen-bond donors (Lipinski definition) is 2. The standard InChI is InChI=1S/C26H27ClN2O4/c27-20-10-12-22(13-11-20)33-23-14-15-29(17-23)16-21(30)18-32-25-9-5-4-8-24(25)28-26(31)19-6-2-1-3-7-19/h1-13,21,23,30H,14-18H2,(H,28,31). The van der Waals surface area contributed by atoms with Crippen LogP contribution >= 0.6 is 11.6 Å². The Morgan fingerprint density at radius 1 is 1.06 bits per heavy atom. The first kappa shape index (κ1) is 23.1. The number of ether oxygens (including phenoxy) is 2. The SMILES string of the molecule is O=C(Nc1ccccc1OCC(O)CN1CCC(Oc2ccc(Cl)cc2)C1)c1ccccc1. The Kier molecular flexibility index (Phi) is 7.83. The van der Waals surface area contributed by atoms with E-state index >= 15 is 0 Å². The van der Waals surface area contributed by atoms with Gasteiger partial charge in [-0.2, -0.15) is 0 Å². The van der Waals surface area contributed by atoms with Crippen LogP contribution in [0.5, 0.6) is 11.5 Å². The molecule has 2 N–H and O–H groups in total. The molecule has 1 fully saturated rings. The van der Waals surface area contributed by atoms with Gasteiger partial charge in [0.2, 0.25) is 0 Å². The van der Waals surface area contributed by atoms with Gasteiger partial charge in [0, 0.05) is 30.2 Å². The van der Waals surface area contributed by atoms with Crippen molar-refractivity contribution in [2.75, 3.05) is 31.6 Å². The lowest BCUT2D eigenvalue weighted by Gasteiger charge is -2.21. The lowest BCUT2D eigenvalue weighted by atomic mass is 10.2. The maximum atomic E-state index is 12.5. The molecule has 172 valence electrons. The minimum absolute atomic E-state index is 0.0771. The van der Waals surface area contributed by atoms with Gasteiger partial charge in [0.15, 0.2) is 0 Å². The van der Waals surface area contributed by atoms with E-state index in [1.165, 1.54) is 0 Å². The molecule has 6 nitrogen and oxygen atoms in total. The van der Waals surface area contributed by atoms with Crippen LogP contribution in [0.25, 0.3) is 0 Å². The number of nitrogens with one attached hydrogen (secondary N) is 1. The Labute approximate surface area is 198 Å². The first-order valence-corrected chi connectivity index (χ1v) is 11.4. The van der Waals surface area contributed by atoms with Crippen LogP contribution < -0.4 is 14.8 Å². The average molecular weight is 467 g/mol. The molecule has 0 bridgehead atoms. The van der Waals surface area contributed by atoms with E-state index in [9.17, 15) is 9.90 Å². The molecule has 3 aromatic carbocycles. The molecule has 1 saturated heterocycles. The molecule has 4 rings (SSSR count). The van der Waals surface area contributed by atoms with Crippen LogP contribution in [0, 0.1) is 0 Å². The maximum Gasteiger partial charge on any atom is 0.255 e. The number of β-amino-alcohol motifs (C(OH)–C–C–N with tert-alkyl or cyclic N) is 1. The third kappa shape index (κ3) is 6.71. The molecular weight excluding hydrogens is 440 g/mol. The summed E-state index contributed by atoms with van der Waals surface area (Å²) in [4.78, 5) is 14.6. The maximum absolute atomic E-state index is 12.5.